The number of nitrogens with zero attached hydrogens (tertiary/aromatic N) is 2. The van der Waals surface area contributed by atoms with Crippen LogP contribution >= 0.6 is 23.1 Å². The lowest BCUT2D eigenvalue weighted by atomic mass is 10.1. The first-order chi connectivity index (χ1) is 10.2. The Balaban J connectivity index is 1.72. The Morgan fingerprint density at radius 3 is 3.10 bits per heavy atom. The molecule has 1 amide bonds. The Hall–Kier alpha value is -0.590. The van der Waals surface area contributed by atoms with Gasteiger partial charge in [0.2, 0.25) is 5.91 Å². The van der Waals surface area contributed by atoms with Gasteiger partial charge in [0.05, 0.1) is 23.4 Å². The first-order valence-electron chi connectivity index (χ1n) is 7.60. The van der Waals surface area contributed by atoms with Crippen LogP contribution in [-0.2, 0) is 10.5 Å². The summed E-state index contributed by atoms with van der Waals surface area (Å²) in [5, 5.41) is 12.6. The average Bonchev–Trinajstić information content (AvgIpc) is 2.76. The smallest absolute Gasteiger partial charge is 0.223 e. The predicted molar refractivity (Wildman–Crippen MR) is 88.7 cm³/mol. The Kier molecular flexibility index (Phi) is 6.99. The highest BCUT2D eigenvalue weighted by atomic mass is 32.2. The van der Waals surface area contributed by atoms with Crippen LogP contribution in [0.25, 0.3) is 0 Å². The monoisotopic (exact) mass is 328 g/mol. The van der Waals surface area contributed by atoms with Crippen LogP contribution in [0.15, 0.2) is 5.38 Å². The van der Waals surface area contributed by atoms with Crippen molar-refractivity contribution in [2.24, 2.45) is 0 Å². The van der Waals surface area contributed by atoms with Gasteiger partial charge in [0.15, 0.2) is 0 Å². The van der Waals surface area contributed by atoms with Gasteiger partial charge in [-0.05, 0) is 19.8 Å². The van der Waals surface area contributed by atoms with Crippen molar-refractivity contribution < 1.29 is 9.90 Å². The van der Waals surface area contributed by atoms with Gasteiger partial charge < -0.3 is 10.0 Å². The fraction of sp³-hybridized carbons (Fsp3) is 0.733. The number of aryl methyl sites for hydroxylation is 1. The Morgan fingerprint density at radius 2 is 2.38 bits per heavy atom. The quantitative estimate of drug-likeness (QED) is 0.816. The number of rotatable bonds is 6. The van der Waals surface area contributed by atoms with E-state index in [0.29, 0.717) is 6.42 Å². The SMILES string of the molecule is Cc1nc(CSCCC(=O)N2CCCCCC2CO)cs1. The summed E-state index contributed by atoms with van der Waals surface area (Å²) in [6.07, 6.45) is 4.84. The number of carbonyl (C=O) groups is 1. The normalized spacial score (nSPS) is 19.5. The van der Waals surface area contributed by atoms with E-state index in [1.165, 1.54) is 0 Å². The molecule has 1 aromatic heterocycles. The van der Waals surface area contributed by atoms with Crippen molar-refractivity contribution in [1.29, 1.82) is 0 Å². The molecule has 0 radical (unpaired) electrons. The molecule has 2 rings (SSSR count). The van der Waals surface area contributed by atoms with E-state index in [2.05, 4.69) is 10.4 Å². The minimum atomic E-state index is 0.0335. The lowest BCUT2D eigenvalue weighted by molar-refractivity contribution is -0.133. The third-order valence-electron chi connectivity index (χ3n) is 3.79. The number of aliphatic hydroxyl groups excluding tert-OH is 1. The number of hydrogen-bond donors (Lipinski definition) is 1. The molecule has 0 spiro atoms. The van der Waals surface area contributed by atoms with Gasteiger partial charge in [0, 0.05) is 29.9 Å². The Labute approximate surface area is 135 Å². The Morgan fingerprint density at radius 1 is 1.52 bits per heavy atom. The molecule has 1 aliphatic rings. The van der Waals surface area contributed by atoms with Gasteiger partial charge >= 0.3 is 0 Å². The van der Waals surface area contributed by atoms with Crippen molar-refractivity contribution in [2.75, 3.05) is 18.9 Å². The van der Waals surface area contributed by atoms with Gasteiger partial charge in [-0.25, -0.2) is 4.98 Å². The zero-order valence-corrected chi connectivity index (χ0v) is 14.2. The molecule has 1 aromatic rings. The summed E-state index contributed by atoms with van der Waals surface area (Å²) in [4.78, 5) is 18.7. The summed E-state index contributed by atoms with van der Waals surface area (Å²) in [6.45, 7) is 2.91. The highest BCUT2D eigenvalue weighted by Gasteiger charge is 2.24. The van der Waals surface area contributed by atoms with Gasteiger partial charge in [-0.15, -0.1) is 11.3 Å². The lowest BCUT2D eigenvalue weighted by Gasteiger charge is -2.28. The van der Waals surface area contributed by atoms with Gasteiger partial charge in [0.25, 0.3) is 0 Å². The van der Waals surface area contributed by atoms with Crippen molar-refractivity contribution in [1.82, 2.24) is 9.88 Å². The molecule has 1 unspecified atom stereocenters. The van der Waals surface area contributed by atoms with Crippen LogP contribution < -0.4 is 0 Å². The first-order valence-corrected chi connectivity index (χ1v) is 9.63. The molecular weight excluding hydrogens is 304 g/mol. The third kappa shape index (κ3) is 5.27. The van der Waals surface area contributed by atoms with E-state index in [0.717, 1.165) is 54.4 Å². The maximum Gasteiger partial charge on any atom is 0.223 e. The summed E-state index contributed by atoms with van der Waals surface area (Å²) in [5.41, 5.74) is 1.11. The molecule has 1 fully saturated rings. The molecule has 0 aromatic carbocycles. The van der Waals surface area contributed by atoms with Gasteiger partial charge in [-0.1, -0.05) is 12.8 Å². The van der Waals surface area contributed by atoms with E-state index < -0.39 is 0 Å². The van der Waals surface area contributed by atoms with Crippen molar-refractivity contribution in [2.45, 2.75) is 50.8 Å². The third-order valence-corrected chi connectivity index (χ3v) is 5.60. The summed E-state index contributed by atoms with van der Waals surface area (Å²) in [5.74, 6) is 1.89. The molecule has 0 bridgehead atoms. The van der Waals surface area contributed by atoms with Gasteiger partial charge in [-0.3, -0.25) is 4.79 Å². The number of amides is 1. The Bertz CT molecular complexity index is 451. The molecule has 1 N–H and O–H groups in total. The molecular formula is C15H24N2O2S2. The van der Waals surface area contributed by atoms with Crippen LogP contribution in [0.5, 0.6) is 0 Å². The largest absolute Gasteiger partial charge is 0.394 e. The molecule has 21 heavy (non-hydrogen) atoms. The highest BCUT2D eigenvalue weighted by molar-refractivity contribution is 7.98. The average molecular weight is 329 g/mol. The molecule has 1 atom stereocenters. The lowest BCUT2D eigenvalue weighted by Crippen LogP contribution is -2.42. The van der Waals surface area contributed by atoms with Crippen molar-refractivity contribution in [3.8, 4) is 0 Å². The topological polar surface area (TPSA) is 53.4 Å². The molecule has 6 heteroatoms. The van der Waals surface area contributed by atoms with Crippen LogP contribution in [0, 0.1) is 6.92 Å². The first kappa shape index (κ1) is 16.8. The van der Waals surface area contributed by atoms with Crippen molar-refractivity contribution in [3.05, 3.63) is 16.1 Å². The number of likely N-dealkylation sites (tertiary alicyclic amines) is 1. The van der Waals surface area contributed by atoms with E-state index in [-0.39, 0.29) is 18.6 Å². The number of carbonyl (C=O) groups excluding carboxylic acids is 1. The second-order valence-corrected chi connectivity index (χ2v) is 7.60. The predicted octanol–water partition coefficient (Wildman–Crippen LogP) is 2.84. The summed E-state index contributed by atoms with van der Waals surface area (Å²) in [7, 11) is 0. The maximum absolute atomic E-state index is 12.3. The maximum atomic E-state index is 12.3. The molecule has 118 valence electrons. The van der Waals surface area contributed by atoms with E-state index >= 15 is 0 Å². The fourth-order valence-electron chi connectivity index (χ4n) is 2.65. The zero-order valence-electron chi connectivity index (χ0n) is 12.6. The van der Waals surface area contributed by atoms with E-state index in [1.807, 2.05) is 11.8 Å². The number of aromatic nitrogens is 1. The number of hydrogen-bond acceptors (Lipinski definition) is 5. The van der Waals surface area contributed by atoms with Gasteiger partial charge in [-0.2, -0.15) is 11.8 Å². The molecule has 4 nitrogen and oxygen atoms in total. The van der Waals surface area contributed by atoms with E-state index in [4.69, 9.17) is 0 Å². The standard InChI is InChI=1S/C15H24N2O2S2/c1-12-16-13(11-21-12)10-20-8-6-15(19)17-7-4-2-3-5-14(17)9-18/h11,14,18H,2-10H2,1H3. The second-order valence-electron chi connectivity index (χ2n) is 5.43. The summed E-state index contributed by atoms with van der Waals surface area (Å²) < 4.78 is 0. The fourth-order valence-corrected chi connectivity index (χ4v) is 4.19. The van der Waals surface area contributed by atoms with Crippen molar-refractivity contribution >= 4 is 29.0 Å². The van der Waals surface area contributed by atoms with Crippen molar-refractivity contribution in [3.63, 3.8) is 0 Å². The van der Waals surface area contributed by atoms with Crippen LogP contribution in [-0.4, -0.2) is 45.8 Å². The minimum absolute atomic E-state index is 0.0335. The zero-order chi connectivity index (χ0) is 15.1. The summed E-state index contributed by atoms with van der Waals surface area (Å²) in [6, 6.07) is 0.0335. The van der Waals surface area contributed by atoms with Crippen LogP contribution in [0.4, 0.5) is 0 Å². The molecule has 0 saturated carbocycles. The summed E-state index contributed by atoms with van der Waals surface area (Å²) >= 11 is 3.43. The van der Waals surface area contributed by atoms with Crippen LogP contribution in [0.3, 0.4) is 0 Å². The highest BCUT2D eigenvalue weighted by Crippen LogP contribution is 2.19. The van der Waals surface area contributed by atoms with Crippen LogP contribution in [0.1, 0.15) is 42.8 Å². The number of thioether (sulfide) groups is 1. The molecule has 1 saturated heterocycles. The second kappa shape index (κ2) is 8.76. The minimum Gasteiger partial charge on any atom is -0.394 e. The van der Waals surface area contributed by atoms with E-state index in [9.17, 15) is 9.90 Å². The molecule has 2 heterocycles. The van der Waals surface area contributed by atoms with Gasteiger partial charge in [0.1, 0.15) is 0 Å². The van der Waals surface area contributed by atoms with Crippen LogP contribution in [0.2, 0.25) is 0 Å². The number of thiazole rings is 1. The molecule has 1 aliphatic heterocycles. The van der Waals surface area contributed by atoms with E-state index in [1.54, 1.807) is 23.1 Å². The number of aliphatic hydroxyl groups is 1. The molecule has 0 aliphatic carbocycles.